The minimum absolute atomic E-state index is 0.0293. The summed E-state index contributed by atoms with van der Waals surface area (Å²) in [6.45, 7) is 2.24. The van der Waals surface area contributed by atoms with Crippen LogP contribution in [-0.2, 0) is 0 Å². The van der Waals surface area contributed by atoms with Crippen LogP contribution in [0.3, 0.4) is 0 Å². The molecule has 2 aliphatic rings. The van der Waals surface area contributed by atoms with Crippen molar-refractivity contribution in [3.63, 3.8) is 0 Å². The van der Waals surface area contributed by atoms with Crippen molar-refractivity contribution in [3.05, 3.63) is 89.0 Å². The molecular formula is C37H41F4NO. The Labute approximate surface area is 253 Å². The second kappa shape index (κ2) is 14.0. The Bertz CT molecular complexity index is 1400. The van der Waals surface area contributed by atoms with E-state index < -0.39 is 17.8 Å². The van der Waals surface area contributed by atoms with Crippen LogP contribution in [0, 0.1) is 34.8 Å². The first-order valence-corrected chi connectivity index (χ1v) is 15.9. The third-order valence-corrected chi connectivity index (χ3v) is 9.73. The zero-order chi connectivity index (χ0) is 30.4. The molecule has 0 N–H and O–H groups in total. The molecule has 2 nitrogen and oxygen atoms in total. The predicted octanol–water partition coefficient (Wildman–Crippen LogP) is 11.3. The van der Waals surface area contributed by atoms with Crippen molar-refractivity contribution >= 4 is 0 Å². The number of rotatable bonds is 10. The lowest BCUT2D eigenvalue weighted by atomic mass is 9.75. The molecule has 0 spiro atoms. The fraction of sp³-hybridized carbons (Fsp3) is 0.486. The van der Waals surface area contributed by atoms with Crippen molar-refractivity contribution in [2.75, 3.05) is 0 Å². The van der Waals surface area contributed by atoms with E-state index in [1.807, 2.05) is 6.07 Å². The minimum Gasteiger partial charge on any atom is -0.432 e. The Morgan fingerprint density at radius 3 is 2.07 bits per heavy atom. The summed E-state index contributed by atoms with van der Waals surface area (Å²) in [5.41, 5.74) is 2.84. The van der Waals surface area contributed by atoms with Gasteiger partial charge in [-0.05, 0) is 122 Å². The van der Waals surface area contributed by atoms with E-state index in [0.29, 0.717) is 35.4 Å². The highest BCUT2D eigenvalue weighted by Crippen LogP contribution is 2.45. The van der Waals surface area contributed by atoms with Gasteiger partial charge in [-0.15, -0.1) is 0 Å². The Kier molecular flexibility index (Phi) is 10.1. The molecule has 2 fully saturated rings. The van der Waals surface area contributed by atoms with E-state index >= 15 is 13.2 Å². The van der Waals surface area contributed by atoms with Crippen LogP contribution < -0.4 is 4.74 Å². The number of alkyl halides is 2. The highest BCUT2D eigenvalue weighted by atomic mass is 19.3. The summed E-state index contributed by atoms with van der Waals surface area (Å²) in [7, 11) is 0. The van der Waals surface area contributed by atoms with E-state index in [1.165, 1.54) is 62.8 Å². The fourth-order valence-electron chi connectivity index (χ4n) is 7.08. The Hall–Kier alpha value is -3.33. The van der Waals surface area contributed by atoms with E-state index in [0.717, 1.165) is 24.3 Å². The molecule has 2 aliphatic carbocycles. The van der Waals surface area contributed by atoms with Crippen molar-refractivity contribution in [2.45, 2.75) is 102 Å². The summed E-state index contributed by atoms with van der Waals surface area (Å²) in [4.78, 5) is 0. The number of benzene rings is 3. The Morgan fingerprint density at radius 1 is 0.767 bits per heavy atom. The lowest BCUT2D eigenvalue weighted by Crippen LogP contribution is -2.37. The van der Waals surface area contributed by atoms with Gasteiger partial charge in [-0.3, -0.25) is 0 Å². The maximum absolute atomic E-state index is 15.3. The number of ether oxygens (including phenoxy) is 1. The van der Waals surface area contributed by atoms with Crippen LogP contribution in [0.1, 0.15) is 112 Å². The summed E-state index contributed by atoms with van der Waals surface area (Å²) >= 11 is 0. The monoisotopic (exact) mass is 591 g/mol. The molecule has 0 unspecified atom stereocenters. The van der Waals surface area contributed by atoms with Gasteiger partial charge in [-0.2, -0.15) is 14.0 Å². The molecule has 0 radical (unpaired) electrons. The fourth-order valence-corrected chi connectivity index (χ4v) is 7.08. The number of nitrogens with zero attached hydrogens (tertiary/aromatic N) is 1. The quantitative estimate of drug-likeness (QED) is 0.174. The molecule has 0 heterocycles. The zero-order valence-corrected chi connectivity index (χ0v) is 24.9. The molecule has 228 valence electrons. The molecular weight excluding hydrogens is 550 g/mol. The Morgan fingerprint density at radius 2 is 1.44 bits per heavy atom. The summed E-state index contributed by atoms with van der Waals surface area (Å²) in [6, 6.07) is 17.8. The van der Waals surface area contributed by atoms with Gasteiger partial charge in [0.05, 0.1) is 11.5 Å². The van der Waals surface area contributed by atoms with Crippen LogP contribution >= 0.6 is 0 Å². The first kappa shape index (κ1) is 31.1. The van der Waals surface area contributed by atoms with Gasteiger partial charge in [-0.25, -0.2) is 8.78 Å². The normalized spacial score (nSPS) is 22.6. The van der Waals surface area contributed by atoms with Gasteiger partial charge in [-0.1, -0.05) is 62.9 Å². The Balaban J connectivity index is 1.13. The zero-order valence-electron chi connectivity index (χ0n) is 24.9. The smallest absolute Gasteiger partial charge is 0.400 e. The van der Waals surface area contributed by atoms with Gasteiger partial charge >= 0.3 is 6.11 Å². The third-order valence-electron chi connectivity index (χ3n) is 9.73. The SMILES string of the molecule is CCCCCC1CCC(c2ccc(C3CCC(C(F)(F)Oc4ccc(-c5ccc(C#N)c(F)c5)cc4)CC3)c(F)c2)CC1. The molecule has 0 bridgehead atoms. The third kappa shape index (κ3) is 7.61. The molecule has 0 saturated heterocycles. The summed E-state index contributed by atoms with van der Waals surface area (Å²) < 4.78 is 64.8. The van der Waals surface area contributed by atoms with E-state index in [1.54, 1.807) is 30.3 Å². The van der Waals surface area contributed by atoms with E-state index in [4.69, 9.17) is 10.00 Å². The van der Waals surface area contributed by atoms with Gasteiger partial charge in [0.2, 0.25) is 0 Å². The predicted molar refractivity (Wildman–Crippen MR) is 162 cm³/mol. The first-order chi connectivity index (χ1) is 20.8. The minimum atomic E-state index is -3.36. The van der Waals surface area contributed by atoms with E-state index in [2.05, 4.69) is 13.0 Å². The van der Waals surface area contributed by atoms with Gasteiger partial charge in [0, 0.05) is 0 Å². The van der Waals surface area contributed by atoms with Gasteiger partial charge in [0.1, 0.15) is 23.5 Å². The molecule has 0 amide bonds. The average molecular weight is 592 g/mol. The summed E-state index contributed by atoms with van der Waals surface area (Å²) in [5.74, 6) is -0.597. The molecule has 5 rings (SSSR count). The van der Waals surface area contributed by atoms with Gasteiger partial charge in [0.25, 0.3) is 0 Å². The molecule has 0 atom stereocenters. The molecule has 3 aromatic carbocycles. The van der Waals surface area contributed by atoms with E-state index in [-0.39, 0.29) is 35.9 Å². The van der Waals surface area contributed by atoms with Crippen molar-refractivity contribution in [3.8, 4) is 22.9 Å². The van der Waals surface area contributed by atoms with Crippen LogP contribution in [0.2, 0.25) is 0 Å². The molecule has 0 aromatic heterocycles. The van der Waals surface area contributed by atoms with Crippen molar-refractivity contribution < 1.29 is 22.3 Å². The molecule has 43 heavy (non-hydrogen) atoms. The molecule has 0 aliphatic heterocycles. The lowest BCUT2D eigenvalue weighted by molar-refractivity contribution is -0.222. The van der Waals surface area contributed by atoms with Crippen LogP contribution in [0.25, 0.3) is 11.1 Å². The maximum Gasteiger partial charge on any atom is 0.400 e. The number of halogens is 4. The van der Waals surface area contributed by atoms with Crippen LogP contribution in [0.15, 0.2) is 60.7 Å². The number of hydrogen-bond acceptors (Lipinski definition) is 2. The number of hydrogen-bond donors (Lipinski definition) is 0. The second-order valence-corrected chi connectivity index (χ2v) is 12.5. The van der Waals surface area contributed by atoms with Crippen LogP contribution in [0.5, 0.6) is 5.75 Å². The van der Waals surface area contributed by atoms with Gasteiger partial charge < -0.3 is 4.74 Å². The topological polar surface area (TPSA) is 33.0 Å². The van der Waals surface area contributed by atoms with Gasteiger partial charge in [0.15, 0.2) is 0 Å². The van der Waals surface area contributed by atoms with Crippen molar-refractivity contribution in [2.24, 2.45) is 11.8 Å². The highest BCUT2D eigenvalue weighted by Gasteiger charge is 2.44. The summed E-state index contributed by atoms with van der Waals surface area (Å²) in [5, 5.41) is 8.91. The molecule has 2 saturated carbocycles. The highest BCUT2D eigenvalue weighted by molar-refractivity contribution is 5.65. The molecule has 3 aromatic rings. The number of nitriles is 1. The van der Waals surface area contributed by atoms with Crippen molar-refractivity contribution in [1.29, 1.82) is 5.26 Å². The number of unbranched alkanes of at least 4 members (excludes halogenated alkanes) is 2. The summed E-state index contributed by atoms with van der Waals surface area (Å²) in [6.07, 6.45) is 8.00. The second-order valence-electron chi connectivity index (χ2n) is 12.5. The maximum atomic E-state index is 15.3. The first-order valence-electron chi connectivity index (χ1n) is 15.9. The lowest BCUT2D eigenvalue weighted by Gasteiger charge is -2.34. The van der Waals surface area contributed by atoms with Crippen LogP contribution in [0.4, 0.5) is 17.6 Å². The average Bonchev–Trinajstić information content (AvgIpc) is 3.02. The van der Waals surface area contributed by atoms with Crippen molar-refractivity contribution in [1.82, 2.24) is 0 Å². The van der Waals surface area contributed by atoms with E-state index in [9.17, 15) is 4.39 Å². The molecule has 6 heteroatoms. The standard InChI is InChI=1S/C37H41F4NO/c1-2-3-4-5-25-6-8-26(9-7-25)30-16-21-34(36(39)23-30)28-12-17-32(18-13-28)37(40,41)43-33-19-14-27(15-20-33)29-10-11-31(24-42)35(38)22-29/h10-11,14-16,19-23,25-26,28,32H,2-9,12-13,17-18H2,1H3. The van der Waals surface area contributed by atoms with Crippen LogP contribution in [-0.4, -0.2) is 6.11 Å². The largest absolute Gasteiger partial charge is 0.432 e.